The van der Waals surface area contributed by atoms with Crippen LogP contribution >= 0.6 is 0 Å². The molecule has 2 atom stereocenters. The summed E-state index contributed by atoms with van der Waals surface area (Å²) < 4.78 is 61.3. The maximum absolute atomic E-state index is 13.4. The van der Waals surface area contributed by atoms with Gasteiger partial charge in [-0.3, -0.25) is 4.98 Å². The zero-order valence-corrected chi connectivity index (χ0v) is 19.1. The van der Waals surface area contributed by atoms with Gasteiger partial charge in [-0.1, -0.05) is 6.07 Å². The topological polar surface area (TPSA) is 73.7 Å². The minimum Gasteiger partial charge on any atom is -0.450 e. The van der Waals surface area contributed by atoms with E-state index in [-0.39, 0.29) is 12.3 Å². The number of nitrogens with zero attached hydrogens (tertiary/aromatic N) is 5. The van der Waals surface area contributed by atoms with Crippen molar-refractivity contribution < 1.29 is 32.1 Å². The number of hydrogen-bond acceptors (Lipinski definition) is 8. The van der Waals surface area contributed by atoms with Gasteiger partial charge in [0.2, 0.25) is 0 Å². The summed E-state index contributed by atoms with van der Waals surface area (Å²) in [6, 6.07) is 8.05. The lowest BCUT2D eigenvalue weighted by Crippen LogP contribution is -2.44. The Balaban J connectivity index is 1.62. The number of benzene rings is 1. The van der Waals surface area contributed by atoms with Crippen molar-refractivity contribution in [1.82, 2.24) is 19.7 Å². The van der Waals surface area contributed by atoms with Gasteiger partial charge in [-0.25, -0.2) is 9.38 Å². The molecule has 0 radical (unpaired) electrons. The summed E-state index contributed by atoms with van der Waals surface area (Å²) in [4.78, 5) is 14.5. The molecule has 2 aliphatic rings. The van der Waals surface area contributed by atoms with Gasteiger partial charge in [-0.05, 0) is 37.6 Å². The Morgan fingerprint density at radius 2 is 1.97 bits per heavy atom. The molecule has 0 fully saturated rings. The van der Waals surface area contributed by atoms with Crippen LogP contribution in [0.25, 0.3) is 0 Å². The third-order valence-corrected chi connectivity index (χ3v) is 5.33. The highest BCUT2D eigenvalue weighted by Crippen LogP contribution is 2.32. The number of halogens is 4. The van der Waals surface area contributed by atoms with E-state index in [9.17, 15) is 22.7 Å². The van der Waals surface area contributed by atoms with E-state index >= 15 is 0 Å². The number of aliphatic imine (C=N–C) groups is 1. The molecule has 2 aromatic rings. The molecular weight excluding hydrogens is 470 g/mol. The van der Waals surface area contributed by atoms with E-state index in [2.05, 4.69) is 14.7 Å². The van der Waals surface area contributed by atoms with Crippen LogP contribution in [-0.2, 0) is 6.54 Å². The fourth-order valence-electron chi connectivity index (χ4n) is 3.75. The van der Waals surface area contributed by atoms with Crippen molar-refractivity contribution >= 4 is 5.84 Å². The number of fused-ring (bicyclic) bond motifs is 1. The first-order valence-electron chi connectivity index (χ1n) is 10.9. The van der Waals surface area contributed by atoms with Gasteiger partial charge in [-0.2, -0.15) is 0 Å². The molecule has 0 aliphatic carbocycles. The Hall–Kier alpha value is -3.54. The second-order valence-corrected chi connectivity index (χ2v) is 8.32. The molecule has 0 bridgehead atoms. The number of amidine groups is 1. The summed E-state index contributed by atoms with van der Waals surface area (Å²) in [7, 11) is 1.86. The highest BCUT2D eigenvalue weighted by atomic mass is 19.4. The fraction of sp³-hybridized carbons (Fsp3) is 0.391. The molecule has 3 heterocycles. The van der Waals surface area contributed by atoms with Crippen molar-refractivity contribution in [2.45, 2.75) is 38.7 Å². The number of alkyl halides is 3. The van der Waals surface area contributed by atoms with E-state index < -0.39 is 30.4 Å². The molecule has 188 valence electrons. The number of hydrogen-bond donors (Lipinski definition) is 1. The van der Waals surface area contributed by atoms with Crippen LogP contribution in [0.15, 0.2) is 59.5 Å². The third-order valence-electron chi connectivity index (χ3n) is 5.33. The van der Waals surface area contributed by atoms with Gasteiger partial charge in [0.05, 0.1) is 31.2 Å². The van der Waals surface area contributed by atoms with E-state index in [0.29, 0.717) is 36.9 Å². The van der Waals surface area contributed by atoms with Crippen LogP contribution in [0.5, 0.6) is 11.5 Å². The lowest BCUT2D eigenvalue weighted by Gasteiger charge is -2.36. The molecule has 4 rings (SSSR count). The van der Waals surface area contributed by atoms with Gasteiger partial charge in [0, 0.05) is 25.9 Å². The zero-order valence-electron chi connectivity index (χ0n) is 19.1. The first-order chi connectivity index (χ1) is 16.6. The van der Waals surface area contributed by atoms with Crippen LogP contribution in [0.3, 0.4) is 0 Å². The second kappa shape index (κ2) is 9.98. The minimum atomic E-state index is -4.83. The maximum Gasteiger partial charge on any atom is 0.573 e. The zero-order chi connectivity index (χ0) is 25.2. The van der Waals surface area contributed by atoms with Crippen molar-refractivity contribution in [3.63, 3.8) is 0 Å². The molecule has 0 saturated heterocycles. The summed E-state index contributed by atoms with van der Waals surface area (Å²) >= 11 is 0. The van der Waals surface area contributed by atoms with Gasteiger partial charge >= 0.3 is 6.36 Å². The smallest absolute Gasteiger partial charge is 0.450 e. The molecule has 1 N–H and O–H groups in total. The number of aromatic nitrogens is 1. The van der Waals surface area contributed by atoms with Crippen molar-refractivity contribution in [2.24, 2.45) is 4.99 Å². The molecule has 0 amide bonds. The SMILES string of the molecule is CC(O)CCN1C=C2C(=NC(Oc3cccc(OC(F)(F)F)c3)N2Cc2ccc(F)cn2)N(C)C1. The monoisotopic (exact) mass is 495 g/mol. The highest BCUT2D eigenvalue weighted by Gasteiger charge is 2.38. The van der Waals surface area contributed by atoms with E-state index in [0.717, 1.165) is 12.3 Å². The molecule has 1 aromatic carbocycles. The summed E-state index contributed by atoms with van der Waals surface area (Å²) in [5.74, 6) is -0.119. The van der Waals surface area contributed by atoms with Crippen LogP contribution in [0.2, 0.25) is 0 Å². The molecule has 8 nitrogen and oxygen atoms in total. The number of ether oxygens (including phenoxy) is 2. The normalized spacial score (nSPS) is 18.7. The van der Waals surface area contributed by atoms with Crippen molar-refractivity contribution in [3.05, 3.63) is 66.0 Å². The average Bonchev–Trinajstić information content (AvgIpc) is 3.10. The Bertz CT molecular complexity index is 1090. The van der Waals surface area contributed by atoms with Gasteiger partial charge in [0.15, 0.2) is 5.84 Å². The Kier molecular flexibility index (Phi) is 7.01. The van der Waals surface area contributed by atoms with Crippen molar-refractivity contribution in [2.75, 3.05) is 20.3 Å². The number of rotatable bonds is 8. The van der Waals surface area contributed by atoms with Crippen LogP contribution in [-0.4, -0.2) is 69.7 Å². The molecule has 35 heavy (non-hydrogen) atoms. The highest BCUT2D eigenvalue weighted by molar-refractivity contribution is 5.99. The molecule has 0 saturated carbocycles. The predicted octanol–water partition coefficient (Wildman–Crippen LogP) is 3.51. The lowest BCUT2D eigenvalue weighted by molar-refractivity contribution is -0.274. The lowest BCUT2D eigenvalue weighted by atomic mass is 10.2. The number of pyridine rings is 1. The standard InChI is InChI=1S/C23H25F4N5O3/c1-15(33)8-9-31-13-20-21(30(2)14-31)29-22(32(20)12-17-7-6-16(24)11-28-17)34-18-4-3-5-19(10-18)35-23(25,26)27/h3-7,10-11,13,15,22,33H,8-9,12,14H2,1-2H3. The maximum atomic E-state index is 13.4. The van der Waals surface area contributed by atoms with Crippen molar-refractivity contribution in [1.29, 1.82) is 0 Å². The van der Waals surface area contributed by atoms with Crippen LogP contribution in [0.4, 0.5) is 17.6 Å². The molecule has 2 unspecified atom stereocenters. The summed E-state index contributed by atoms with van der Waals surface area (Å²) in [5.41, 5.74) is 1.26. The Morgan fingerprint density at radius 3 is 2.66 bits per heavy atom. The van der Waals surface area contributed by atoms with Crippen molar-refractivity contribution in [3.8, 4) is 11.5 Å². The van der Waals surface area contributed by atoms with E-state index in [1.54, 1.807) is 17.9 Å². The summed E-state index contributed by atoms with van der Waals surface area (Å²) in [6.07, 6.45) is -2.63. The molecule has 2 aliphatic heterocycles. The molecular formula is C23H25F4N5O3. The van der Waals surface area contributed by atoms with E-state index in [1.807, 2.05) is 23.0 Å². The molecule has 12 heteroatoms. The second-order valence-electron chi connectivity index (χ2n) is 8.32. The summed E-state index contributed by atoms with van der Waals surface area (Å²) in [5, 5.41) is 9.67. The van der Waals surface area contributed by atoms with Crippen LogP contribution in [0.1, 0.15) is 19.0 Å². The quantitative estimate of drug-likeness (QED) is 0.562. The number of aliphatic hydroxyl groups excluding tert-OH is 1. The average molecular weight is 495 g/mol. The van der Waals surface area contributed by atoms with Crippen LogP contribution < -0.4 is 9.47 Å². The number of aliphatic hydroxyl groups is 1. The van der Waals surface area contributed by atoms with Gasteiger partial charge in [-0.15, -0.1) is 13.2 Å². The van der Waals surface area contributed by atoms with Gasteiger partial charge in [0.1, 0.15) is 23.0 Å². The van der Waals surface area contributed by atoms with E-state index in [1.165, 1.54) is 24.3 Å². The Labute approximate surface area is 199 Å². The predicted molar refractivity (Wildman–Crippen MR) is 118 cm³/mol. The minimum absolute atomic E-state index is 0.131. The number of likely N-dealkylation sites (N-methyl/N-ethyl adjacent to an activating group) is 1. The first kappa shape index (κ1) is 24.6. The third kappa shape index (κ3) is 6.32. The summed E-state index contributed by atoms with van der Waals surface area (Å²) in [6.45, 7) is 3.06. The largest absolute Gasteiger partial charge is 0.573 e. The fourth-order valence-corrected chi connectivity index (χ4v) is 3.75. The van der Waals surface area contributed by atoms with E-state index in [4.69, 9.17) is 4.74 Å². The van der Waals surface area contributed by atoms with Gasteiger partial charge in [0.25, 0.3) is 6.35 Å². The molecule has 0 spiro atoms. The Morgan fingerprint density at radius 1 is 1.20 bits per heavy atom. The van der Waals surface area contributed by atoms with Crippen LogP contribution in [0, 0.1) is 5.82 Å². The van der Waals surface area contributed by atoms with Gasteiger partial charge < -0.3 is 29.3 Å². The molecule has 1 aromatic heterocycles. The first-order valence-corrected chi connectivity index (χ1v) is 10.9.